The Morgan fingerprint density at radius 3 is 2.43 bits per heavy atom. The van der Waals surface area contributed by atoms with Crippen LogP contribution in [-0.2, 0) is 16.6 Å². The van der Waals surface area contributed by atoms with Crippen LogP contribution in [0.15, 0.2) is 58.2 Å². The van der Waals surface area contributed by atoms with Gasteiger partial charge in [0.2, 0.25) is 21.7 Å². The molecule has 0 bridgehead atoms. The normalized spacial score (nSPS) is 16.2. The monoisotopic (exact) mass is 427 g/mol. The van der Waals surface area contributed by atoms with E-state index in [9.17, 15) is 8.42 Å². The molecule has 0 N–H and O–H groups in total. The minimum absolute atomic E-state index is 0.346. The lowest BCUT2D eigenvalue weighted by Crippen LogP contribution is -2.48. The van der Waals surface area contributed by atoms with E-state index in [2.05, 4.69) is 33.9 Å². The molecule has 0 saturated carbocycles. The minimum atomic E-state index is -3.48. The summed E-state index contributed by atoms with van der Waals surface area (Å²) in [6.07, 6.45) is 3.38. The number of sulfonamides is 1. The summed E-state index contributed by atoms with van der Waals surface area (Å²) in [4.78, 5) is 10.9. The molecular formula is C21H25N5O3S. The van der Waals surface area contributed by atoms with Crippen molar-refractivity contribution in [1.82, 2.24) is 24.3 Å². The summed E-state index contributed by atoms with van der Waals surface area (Å²) in [5, 5.41) is 4.01. The molecule has 0 unspecified atom stereocenters. The van der Waals surface area contributed by atoms with Gasteiger partial charge in [-0.25, -0.2) is 8.42 Å². The number of rotatable bonds is 6. The number of piperazine rings is 1. The van der Waals surface area contributed by atoms with Crippen LogP contribution in [0.4, 0.5) is 0 Å². The van der Waals surface area contributed by atoms with E-state index in [0.717, 1.165) is 11.1 Å². The van der Waals surface area contributed by atoms with Crippen molar-refractivity contribution in [3.63, 3.8) is 0 Å². The van der Waals surface area contributed by atoms with Crippen molar-refractivity contribution >= 4 is 10.0 Å². The molecule has 1 saturated heterocycles. The van der Waals surface area contributed by atoms with Gasteiger partial charge in [-0.05, 0) is 35.7 Å². The molecular weight excluding hydrogens is 402 g/mol. The summed E-state index contributed by atoms with van der Waals surface area (Å²) in [5.74, 6) is 1.38. The first-order chi connectivity index (χ1) is 14.4. The lowest BCUT2D eigenvalue weighted by molar-refractivity contribution is 0.163. The Morgan fingerprint density at radius 2 is 1.80 bits per heavy atom. The van der Waals surface area contributed by atoms with Crippen LogP contribution in [0.3, 0.4) is 0 Å². The molecule has 2 aromatic heterocycles. The van der Waals surface area contributed by atoms with E-state index < -0.39 is 10.0 Å². The molecule has 1 aliphatic heterocycles. The molecule has 8 nitrogen and oxygen atoms in total. The summed E-state index contributed by atoms with van der Waals surface area (Å²) < 4.78 is 32.8. The fraction of sp³-hybridized carbons (Fsp3) is 0.381. The molecule has 1 aromatic carbocycles. The maximum Gasteiger partial charge on any atom is 0.243 e. The third-order valence-electron chi connectivity index (χ3n) is 5.26. The maximum atomic E-state index is 13.0. The molecule has 3 heterocycles. The summed E-state index contributed by atoms with van der Waals surface area (Å²) >= 11 is 0. The van der Waals surface area contributed by atoms with Crippen molar-refractivity contribution < 1.29 is 12.9 Å². The van der Waals surface area contributed by atoms with Crippen molar-refractivity contribution in [2.75, 3.05) is 26.2 Å². The minimum Gasteiger partial charge on any atom is -0.338 e. The van der Waals surface area contributed by atoms with Crippen LogP contribution in [0.25, 0.3) is 11.4 Å². The Bertz CT molecular complexity index is 1070. The molecule has 3 aromatic rings. The van der Waals surface area contributed by atoms with E-state index in [1.165, 1.54) is 0 Å². The first kappa shape index (κ1) is 20.6. The molecule has 0 radical (unpaired) electrons. The van der Waals surface area contributed by atoms with Gasteiger partial charge in [-0.3, -0.25) is 9.88 Å². The molecule has 4 rings (SSSR count). The number of nitrogens with zero attached hydrogens (tertiary/aromatic N) is 5. The second-order valence-electron chi connectivity index (χ2n) is 7.66. The highest BCUT2D eigenvalue weighted by Crippen LogP contribution is 2.22. The Balaban J connectivity index is 1.36. The zero-order valence-corrected chi connectivity index (χ0v) is 17.9. The van der Waals surface area contributed by atoms with Crippen LogP contribution >= 0.6 is 0 Å². The lowest BCUT2D eigenvalue weighted by atomic mass is 10.0. The third kappa shape index (κ3) is 4.43. The van der Waals surface area contributed by atoms with Gasteiger partial charge in [0.25, 0.3) is 0 Å². The van der Waals surface area contributed by atoms with E-state index in [0.29, 0.717) is 55.3 Å². The Kier molecular flexibility index (Phi) is 5.94. The van der Waals surface area contributed by atoms with Gasteiger partial charge >= 0.3 is 0 Å². The van der Waals surface area contributed by atoms with Gasteiger partial charge in [-0.2, -0.15) is 9.29 Å². The summed E-state index contributed by atoms with van der Waals surface area (Å²) in [6, 6.07) is 10.9. The van der Waals surface area contributed by atoms with Crippen molar-refractivity contribution in [3.05, 3.63) is 60.2 Å². The van der Waals surface area contributed by atoms with Crippen LogP contribution in [0.2, 0.25) is 0 Å². The highest BCUT2D eigenvalue weighted by Gasteiger charge is 2.29. The zero-order chi connectivity index (χ0) is 21.1. The largest absolute Gasteiger partial charge is 0.338 e. The predicted octanol–water partition coefficient (Wildman–Crippen LogP) is 2.76. The quantitative estimate of drug-likeness (QED) is 0.597. The highest BCUT2D eigenvalue weighted by atomic mass is 32.2. The van der Waals surface area contributed by atoms with Crippen molar-refractivity contribution in [2.24, 2.45) is 0 Å². The van der Waals surface area contributed by atoms with E-state index in [-0.39, 0.29) is 0 Å². The summed E-state index contributed by atoms with van der Waals surface area (Å²) in [7, 11) is -3.48. The fourth-order valence-electron chi connectivity index (χ4n) is 3.42. The molecule has 30 heavy (non-hydrogen) atoms. The first-order valence-corrected chi connectivity index (χ1v) is 11.4. The van der Waals surface area contributed by atoms with Gasteiger partial charge in [0.1, 0.15) is 0 Å². The Hall–Kier alpha value is -2.62. The van der Waals surface area contributed by atoms with Gasteiger partial charge in [-0.1, -0.05) is 31.1 Å². The lowest BCUT2D eigenvalue weighted by Gasteiger charge is -2.33. The number of hydrogen-bond donors (Lipinski definition) is 0. The van der Waals surface area contributed by atoms with Crippen molar-refractivity contribution in [3.8, 4) is 11.4 Å². The molecule has 158 valence electrons. The Labute approximate surface area is 176 Å². The number of aromatic nitrogens is 3. The highest BCUT2D eigenvalue weighted by molar-refractivity contribution is 7.89. The van der Waals surface area contributed by atoms with E-state index in [1.807, 2.05) is 24.3 Å². The third-order valence-corrected chi connectivity index (χ3v) is 7.18. The van der Waals surface area contributed by atoms with E-state index >= 15 is 0 Å². The average molecular weight is 428 g/mol. The van der Waals surface area contributed by atoms with Crippen LogP contribution in [0.5, 0.6) is 0 Å². The molecule has 9 heteroatoms. The second kappa shape index (κ2) is 8.63. The van der Waals surface area contributed by atoms with Gasteiger partial charge in [0, 0.05) is 44.1 Å². The van der Waals surface area contributed by atoms with Crippen LogP contribution in [0, 0.1) is 0 Å². The van der Waals surface area contributed by atoms with Crippen LogP contribution < -0.4 is 0 Å². The SMILES string of the molecule is CC(C)c1ccc(S(=O)(=O)N2CCN(Cc3nc(-c4cccnc4)no3)CC2)cc1. The maximum absolute atomic E-state index is 13.0. The van der Waals surface area contributed by atoms with E-state index in [4.69, 9.17) is 4.52 Å². The number of benzene rings is 1. The molecule has 0 amide bonds. The van der Waals surface area contributed by atoms with Crippen LogP contribution in [-0.4, -0.2) is 58.9 Å². The molecule has 1 fully saturated rings. The molecule has 0 spiro atoms. The zero-order valence-electron chi connectivity index (χ0n) is 17.1. The standard InChI is InChI=1S/C21H25N5O3S/c1-16(2)17-5-7-19(8-6-17)30(27,28)26-12-10-25(11-13-26)15-20-23-21(24-29-20)18-4-3-9-22-14-18/h3-9,14,16H,10-13,15H2,1-2H3. The van der Waals surface area contributed by atoms with Gasteiger partial charge < -0.3 is 4.52 Å². The second-order valence-corrected chi connectivity index (χ2v) is 9.60. The summed E-state index contributed by atoms with van der Waals surface area (Å²) in [6.45, 7) is 6.74. The van der Waals surface area contributed by atoms with Crippen molar-refractivity contribution in [2.45, 2.75) is 31.2 Å². The summed E-state index contributed by atoms with van der Waals surface area (Å²) in [5.41, 5.74) is 1.93. The predicted molar refractivity (Wildman–Crippen MR) is 112 cm³/mol. The average Bonchev–Trinajstić information content (AvgIpc) is 3.23. The van der Waals surface area contributed by atoms with Gasteiger partial charge in [0.15, 0.2) is 0 Å². The van der Waals surface area contributed by atoms with E-state index in [1.54, 1.807) is 28.8 Å². The van der Waals surface area contributed by atoms with Gasteiger partial charge in [0.05, 0.1) is 11.4 Å². The topological polar surface area (TPSA) is 92.4 Å². The molecule has 1 aliphatic rings. The van der Waals surface area contributed by atoms with Crippen LogP contribution in [0.1, 0.15) is 31.2 Å². The van der Waals surface area contributed by atoms with Gasteiger partial charge in [-0.15, -0.1) is 0 Å². The smallest absolute Gasteiger partial charge is 0.243 e. The number of pyridine rings is 1. The first-order valence-electron chi connectivity index (χ1n) is 9.99. The Morgan fingerprint density at radius 1 is 1.07 bits per heavy atom. The fourth-order valence-corrected chi connectivity index (χ4v) is 4.85. The van der Waals surface area contributed by atoms with Crippen molar-refractivity contribution in [1.29, 1.82) is 0 Å². The molecule has 0 atom stereocenters. The molecule has 0 aliphatic carbocycles. The number of hydrogen-bond acceptors (Lipinski definition) is 7.